The topological polar surface area (TPSA) is 83.8 Å². The lowest BCUT2D eigenvalue weighted by atomic mass is 10.4. The molecule has 0 saturated carbocycles. The van der Waals surface area contributed by atoms with Crippen LogP contribution in [0, 0.1) is 0 Å². The van der Waals surface area contributed by atoms with Crippen molar-refractivity contribution in [2.24, 2.45) is 0 Å². The Morgan fingerprint density at radius 1 is 1.26 bits per heavy atom. The van der Waals surface area contributed by atoms with Crippen LogP contribution in [0.4, 0.5) is 0 Å². The van der Waals surface area contributed by atoms with Gasteiger partial charge in [0.2, 0.25) is 0 Å². The molecule has 0 bridgehead atoms. The van der Waals surface area contributed by atoms with E-state index in [0.29, 0.717) is 0 Å². The predicted octanol–water partition coefficient (Wildman–Crippen LogP) is 2.91. The first-order valence-corrected chi connectivity index (χ1v) is 9.12. The first-order chi connectivity index (χ1) is 8.62. The monoisotopic (exact) mass is 288 g/mol. The van der Waals surface area contributed by atoms with Crippen LogP contribution in [0.5, 0.6) is 0 Å². The van der Waals surface area contributed by atoms with Crippen LogP contribution in [0.2, 0.25) is 19.1 Å². The van der Waals surface area contributed by atoms with Gasteiger partial charge in [0.25, 0.3) is 0 Å². The van der Waals surface area contributed by atoms with Crippen molar-refractivity contribution in [3.63, 3.8) is 0 Å². The van der Waals surface area contributed by atoms with Crippen LogP contribution < -0.4 is 0 Å². The number of rotatable bonds is 2. The highest BCUT2D eigenvalue weighted by Crippen LogP contribution is 2.20. The summed E-state index contributed by atoms with van der Waals surface area (Å²) >= 11 is 0. The molecule has 1 saturated heterocycles. The lowest BCUT2D eigenvalue weighted by molar-refractivity contribution is -0.133. The Kier molecular flexibility index (Phi) is 11.0. The van der Waals surface area contributed by atoms with Gasteiger partial charge in [0, 0.05) is 18.3 Å². The van der Waals surface area contributed by atoms with Crippen LogP contribution in [0.3, 0.4) is 0 Å². The molecule has 0 aliphatic carbocycles. The molecule has 0 atom stereocenters. The molecule has 0 spiro atoms. The van der Waals surface area contributed by atoms with Crippen molar-refractivity contribution >= 4 is 20.3 Å². The third kappa shape index (κ3) is 16.6. The third-order valence-electron chi connectivity index (χ3n) is 2.21. The van der Waals surface area contributed by atoms with Gasteiger partial charge in [-0.1, -0.05) is 19.6 Å². The van der Waals surface area contributed by atoms with Crippen LogP contribution in [-0.2, 0) is 14.0 Å². The molecule has 2 N–H and O–H groups in total. The number of aliphatic carboxylic acids is 2. The molecule has 1 heterocycles. The van der Waals surface area contributed by atoms with Gasteiger partial charge in [0.15, 0.2) is 8.32 Å². The van der Waals surface area contributed by atoms with E-state index in [2.05, 4.69) is 26.3 Å². The minimum absolute atomic E-state index is 0.176. The molecule has 6 heteroatoms. The zero-order valence-corrected chi connectivity index (χ0v) is 12.9. The summed E-state index contributed by atoms with van der Waals surface area (Å²) < 4.78 is 5.60. The molecular formula is C13H24O5Si. The minimum Gasteiger partial charge on any atom is -0.478 e. The van der Waals surface area contributed by atoms with Gasteiger partial charge in [-0.3, -0.25) is 0 Å². The Hall–Kier alpha value is -1.40. The van der Waals surface area contributed by atoms with Gasteiger partial charge in [0.05, 0.1) is 0 Å². The second-order valence-corrected chi connectivity index (χ2v) is 9.00. The Balaban J connectivity index is 0. The Morgan fingerprint density at radius 3 is 1.79 bits per heavy atom. The van der Waals surface area contributed by atoms with Crippen molar-refractivity contribution in [2.45, 2.75) is 38.9 Å². The predicted molar refractivity (Wildman–Crippen MR) is 77.8 cm³/mol. The maximum Gasteiger partial charge on any atom is 0.330 e. The summed E-state index contributed by atoms with van der Waals surface area (Å²) in [6, 6.07) is 1.37. The molecule has 1 aliphatic rings. The highest BCUT2D eigenvalue weighted by Gasteiger charge is 2.24. The smallest absolute Gasteiger partial charge is 0.330 e. The van der Waals surface area contributed by atoms with Crippen LogP contribution in [0.15, 0.2) is 24.8 Å². The number of carbonyl (C=O) groups is 2. The largest absolute Gasteiger partial charge is 0.478 e. The van der Waals surface area contributed by atoms with Crippen molar-refractivity contribution in [3.8, 4) is 0 Å². The fourth-order valence-corrected chi connectivity index (χ4v) is 3.02. The lowest BCUT2D eigenvalue weighted by Crippen LogP contribution is -2.33. The van der Waals surface area contributed by atoms with E-state index < -0.39 is 20.3 Å². The molecule has 5 nitrogen and oxygen atoms in total. The average Bonchev–Trinajstić information content (AvgIpc) is 2.30. The summed E-state index contributed by atoms with van der Waals surface area (Å²) in [5.41, 5.74) is 0.176. The molecule has 0 aromatic rings. The van der Waals surface area contributed by atoms with Crippen LogP contribution in [0.1, 0.15) is 19.8 Å². The van der Waals surface area contributed by atoms with Gasteiger partial charge in [-0.05, 0) is 32.5 Å². The van der Waals surface area contributed by atoms with Crippen molar-refractivity contribution < 1.29 is 24.2 Å². The van der Waals surface area contributed by atoms with E-state index in [1.165, 1.54) is 25.8 Å². The molecule has 110 valence electrons. The van der Waals surface area contributed by atoms with E-state index in [4.69, 9.17) is 14.6 Å². The standard InChI is InChI=1S/C6H14OSi.C4H6O2.C3H4O2/c1-8(2)6-4-3-5-7-8;1-3(2)4(5)6;1-2-3(4)5/h3-6H2,1-2H3;1H2,2H3,(H,5,6);2H,1H2,(H,4,5). The summed E-state index contributed by atoms with van der Waals surface area (Å²) in [6.07, 6.45) is 3.52. The van der Waals surface area contributed by atoms with Crippen LogP contribution >= 0.6 is 0 Å². The molecule has 0 aromatic heterocycles. The number of carboxylic acid groups (broad SMARTS) is 2. The quantitative estimate of drug-likeness (QED) is 0.603. The molecule has 1 fully saturated rings. The van der Waals surface area contributed by atoms with Gasteiger partial charge >= 0.3 is 11.9 Å². The molecule has 1 rings (SSSR count). The normalized spacial score (nSPS) is 15.7. The summed E-state index contributed by atoms with van der Waals surface area (Å²) in [4.78, 5) is 18.8. The minimum atomic E-state index is -1.09. The Labute approximate surface area is 115 Å². The summed E-state index contributed by atoms with van der Waals surface area (Å²) in [5, 5.41) is 15.5. The number of hydrogen-bond donors (Lipinski definition) is 2. The third-order valence-corrected chi connectivity index (χ3v) is 4.75. The van der Waals surface area contributed by atoms with E-state index in [0.717, 1.165) is 12.7 Å². The fourth-order valence-electron chi connectivity index (χ4n) is 1.07. The van der Waals surface area contributed by atoms with Gasteiger partial charge < -0.3 is 14.6 Å². The van der Waals surface area contributed by atoms with Crippen molar-refractivity contribution in [2.75, 3.05) is 6.61 Å². The second kappa shape index (κ2) is 10.5. The van der Waals surface area contributed by atoms with Gasteiger partial charge in [-0.2, -0.15) is 0 Å². The SMILES string of the molecule is C=C(C)C(=O)O.C=CC(=O)O.C[Si]1(C)CCCCO1. The summed E-state index contributed by atoms with van der Waals surface area (Å²) in [5.74, 6) is -1.92. The van der Waals surface area contributed by atoms with E-state index in [-0.39, 0.29) is 5.57 Å². The van der Waals surface area contributed by atoms with Crippen molar-refractivity contribution in [1.82, 2.24) is 0 Å². The summed E-state index contributed by atoms with van der Waals surface area (Å²) in [7, 11) is -1.09. The molecular weight excluding hydrogens is 264 g/mol. The van der Waals surface area contributed by atoms with Gasteiger partial charge in [0.1, 0.15) is 0 Å². The second-order valence-electron chi connectivity index (χ2n) is 4.69. The molecule has 0 unspecified atom stereocenters. The highest BCUT2D eigenvalue weighted by atomic mass is 28.4. The fraction of sp³-hybridized carbons (Fsp3) is 0.538. The first kappa shape index (κ1) is 19.9. The Morgan fingerprint density at radius 2 is 1.68 bits per heavy atom. The first-order valence-electron chi connectivity index (χ1n) is 6.00. The van der Waals surface area contributed by atoms with Gasteiger partial charge in [-0.25, -0.2) is 9.59 Å². The summed E-state index contributed by atoms with van der Waals surface area (Å²) in [6.45, 7) is 13.2. The maximum atomic E-state index is 9.60. The maximum absolute atomic E-state index is 9.60. The molecule has 0 radical (unpaired) electrons. The van der Waals surface area contributed by atoms with Gasteiger partial charge in [-0.15, -0.1) is 0 Å². The van der Waals surface area contributed by atoms with E-state index in [9.17, 15) is 9.59 Å². The van der Waals surface area contributed by atoms with Crippen LogP contribution in [-0.4, -0.2) is 37.1 Å². The molecule has 19 heavy (non-hydrogen) atoms. The lowest BCUT2D eigenvalue weighted by Gasteiger charge is -2.27. The van der Waals surface area contributed by atoms with E-state index in [1.807, 2.05) is 0 Å². The average molecular weight is 288 g/mol. The molecule has 1 aliphatic heterocycles. The Bertz CT molecular complexity index is 303. The van der Waals surface area contributed by atoms with Crippen molar-refractivity contribution in [3.05, 3.63) is 24.8 Å². The zero-order valence-electron chi connectivity index (χ0n) is 11.9. The van der Waals surface area contributed by atoms with Crippen LogP contribution in [0.25, 0.3) is 0 Å². The molecule has 0 aromatic carbocycles. The number of hydrogen-bond acceptors (Lipinski definition) is 3. The van der Waals surface area contributed by atoms with Crippen molar-refractivity contribution in [1.29, 1.82) is 0 Å². The molecule has 0 amide bonds. The highest BCUT2D eigenvalue weighted by molar-refractivity contribution is 6.71. The zero-order chi connectivity index (χ0) is 15.5. The van der Waals surface area contributed by atoms with E-state index >= 15 is 0 Å². The number of carboxylic acids is 2. The van der Waals surface area contributed by atoms with E-state index in [1.54, 1.807) is 0 Å².